The molecular formula is C45H32BN3Pt. The summed E-state index contributed by atoms with van der Waals surface area (Å²) in [6, 6.07) is 53.1. The number of aryl methyl sites for hydroxylation is 3. The molecule has 9 rings (SSSR count). The molecule has 0 unspecified atom stereocenters. The molecule has 0 radical (unpaired) electrons. The van der Waals surface area contributed by atoms with Crippen molar-refractivity contribution in [1.29, 1.82) is 0 Å². The van der Waals surface area contributed by atoms with Crippen LogP contribution in [0.3, 0.4) is 0 Å². The Morgan fingerprint density at radius 2 is 1.16 bits per heavy atom. The van der Waals surface area contributed by atoms with Crippen molar-refractivity contribution in [2.24, 2.45) is 0 Å². The SMILES string of the molecule is Cc1cc(C)c(N2c3ccc(-c4nccc5ccccc45)[c-]c3B(c3[c-]c(-c4nccc5ccccc45)ccc3)c3ccccc32)c(C)c1.[Pt+2]. The second kappa shape index (κ2) is 12.9. The smallest absolute Gasteiger partial charge is 0.352 e. The summed E-state index contributed by atoms with van der Waals surface area (Å²) < 4.78 is 0. The molecule has 0 N–H and O–H groups in total. The third-order valence-electron chi connectivity index (χ3n) is 9.82. The summed E-state index contributed by atoms with van der Waals surface area (Å²) in [6.07, 6.45) is 3.79. The van der Waals surface area contributed by atoms with Crippen LogP contribution in [0.1, 0.15) is 16.7 Å². The topological polar surface area (TPSA) is 29.0 Å². The summed E-state index contributed by atoms with van der Waals surface area (Å²) >= 11 is 0. The van der Waals surface area contributed by atoms with E-state index in [4.69, 9.17) is 9.97 Å². The molecule has 1 aliphatic rings. The molecule has 0 amide bonds. The van der Waals surface area contributed by atoms with Gasteiger partial charge in [0.2, 0.25) is 6.71 Å². The van der Waals surface area contributed by atoms with E-state index in [1.165, 1.54) is 38.9 Å². The van der Waals surface area contributed by atoms with Crippen LogP contribution in [0.15, 0.2) is 140 Å². The van der Waals surface area contributed by atoms with Gasteiger partial charge in [0.15, 0.2) is 0 Å². The van der Waals surface area contributed by atoms with Crippen molar-refractivity contribution in [3.8, 4) is 22.5 Å². The summed E-state index contributed by atoms with van der Waals surface area (Å²) in [5, 5.41) is 4.57. The quantitative estimate of drug-likeness (QED) is 0.131. The molecule has 0 saturated carbocycles. The van der Waals surface area contributed by atoms with E-state index in [0.29, 0.717) is 0 Å². The van der Waals surface area contributed by atoms with Gasteiger partial charge in [-0.15, -0.1) is 59.1 Å². The Labute approximate surface area is 308 Å². The first-order valence-corrected chi connectivity index (χ1v) is 16.8. The van der Waals surface area contributed by atoms with Crippen LogP contribution in [0.25, 0.3) is 44.1 Å². The Hall–Kier alpha value is -5.31. The van der Waals surface area contributed by atoms with Crippen LogP contribution in [0.2, 0.25) is 0 Å². The molecule has 0 fully saturated rings. The molecule has 5 heteroatoms. The molecular weight excluding hydrogens is 788 g/mol. The summed E-state index contributed by atoms with van der Waals surface area (Å²) in [6.45, 7) is 6.49. The van der Waals surface area contributed by atoms with E-state index in [9.17, 15) is 0 Å². The van der Waals surface area contributed by atoms with Crippen molar-refractivity contribution < 1.29 is 21.1 Å². The van der Waals surface area contributed by atoms with Crippen molar-refractivity contribution in [2.45, 2.75) is 20.8 Å². The Kier molecular flexibility index (Phi) is 8.21. The predicted molar refractivity (Wildman–Crippen MR) is 206 cm³/mol. The fourth-order valence-corrected chi connectivity index (χ4v) is 7.83. The fraction of sp³-hybridized carbons (Fsp3) is 0.0667. The van der Waals surface area contributed by atoms with Crippen LogP contribution >= 0.6 is 0 Å². The maximum absolute atomic E-state index is 4.91. The first-order valence-electron chi connectivity index (χ1n) is 16.8. The van der Waals surface area contributed by atoms with Gasteiger partial charge in [0.05, 0.1) is 0 Å². The number of benzene rings is 6. The largest absolute Gasteiger partial charge is 2.00 e. The minimum Gasteiger partial charge on any atom is -0.352 e. The zero-order valence-corrected chi connectivity index (χ0v) is 30.3. The molecule has 6 aromatic carbocycles. The van der Waals surface area contributed by atoms with Crippen molar-refractivity contribution >= 4 is 61.7 Å². The van der Waals surface area contributed by atoms with E-state index in [1.54, 1.807) is 0 Å². The van der Waals surface area contributed by atoms with Gasteiger partial charge in [0.25, 0.3) is 0 Å². The normalized spacial score (nSPS) is 12.1. The molecule has 3 nitrogen and oxygen atoms in total. The average molecular weight is 821 g/mol. The molecule has 2 aromatic heterocycles. The van der Waals surface area contributed by atoms with E-state index in [2.05, 4.69) is 165 Å². The first kappa shape index (κ1) is 31.9. The Morgan fingerprint density at radius 3 is 1.84 bits per heavy atom. The van der Waals surface area contributed by atoms with Crippen LogP contribution in [-0.2, 0) is 21.1 Å². The number of fused-ring (bicyclic) bond motifs is 4. The first-order chi connectivity index (χ1) is 24.0. The number of pyridine rings is 2. The monoisotopic (exact) mass is 820 g/mol. The summed E-state index contributed by atoms with van der Waals surface area (Å²) in [5.41, 5.74) is 14.5. The molecule has 3 heterocycles. The van der Waals surface area contributed by atoms with Crippen LogP contribution in [0, 0.1) is 32.9 Å². The maximum atomic E-state index is 4.91. The Balaban J connectivity index is 0.00000361. The van der Waals surface area contributed by atoms with Gasteiger partial charge in [0, 0.05) is 23.8 Å². The zero-order valence-electron chi connectivity index (χ0n) is 28.0. The molecule has 8 aromatic rings. The van der Waals surface area contributed by atoms with Gasteiger partial charge in [-0.05, 0) is 94.2 Å². The molecule has 50 heavy (non-hydrogen) atoms. The number of anilines is 3. The average Bonchev–Trinajstić information content (AvgIpc) is 3.13. The molecule has 0 aliphatic carbocycles. The fourth-order valence-electron chi connectivity index (χ4n) is 7.83. The van der Waals surface area contributed by atoms with Gasteiger partial charge in [-0.2, -0.15) is 5.46 Å². The van der Waals surface area contributed by atoms with Gasteiger partial charge in [-0.3, -0.25) is 0 Å². The standard InChI is InChI=1S/C45H32BN3.Pt/c1-29-25-30(2)45(31(3)26-29)49-41-18-9-8-17-39(41)46(36-14-10-13-34(27-36)43-37-15-6-4-11-32(37)21-23-47-43)40-28-35(19-20-42(40)49)44-38-16-7-5-12-33(38)22-24-48-44;/h4-26H,1-3H3;/q-2;+2. The van der Waals surface area contributed by atoms with Gasteiger partial charge < -0.3 is 14.9 Å². The van der Waals surface area contributed by atoms with Crippen molar-refractivity contribution in [2.75, 3.05) is 4.90 Å². The number of rotatable bonds is 4. The third-order valence-corrected chi connectivity index (χ3v) is 9.82. The number of hydrogen-bond donors (Lipinski definition) is 0. The van der Waals surface area contributed by atoms with Crippen LogP contribution < -0.4 is 21.3 Å². The minimum absolute atomic E-state index is 0. The predicted octanol–water partition coefficient (Wildman–Crippen LogP) is 8.94. The zero-order chi connectivity index (χ0) is 33.1. The molecule has 1 aliphatic heterocycles. The van der Waals surface area contributed by atoms with E-state index in [-0.39, 0.29) is 27.8 Å². The molecule has 240 valence electrons. The molecule has 0 saturated heterocycles. The second-order valence-electron chi connectivity index (χ2n) is 13.0. The van der Waals surface area contributed by atoms with Crippen LogP contribution in [-0.4, -0.2) is 16.7 Å². The summed E-state index contributed by atoms with van der Waals surface area (Å²) in [5.74, 6) is 0. The Bertz CT molecular complexity index is 2540. The molecule has 0 spiro atoms. The van der Waals surface area contributed by atoms with Gasteiger partial charge >= 0.3 is 21.1 Å². The number of aromatic nitrogens is 2. The second-order valence-corrected chi connectivity index (χ2v) is 13.0. The molecule has 0 bridgehead atoms. The van der Waals surface area contributed by atoms with E-state index in [0.717, 1.165) is 55.3 Å². The van der Waals surface area contributed by atoms with Crippen molar-refractivity contribution in [3.63, 3.8) is 0 Å². The summed E-state index contributed by atoms with van der Waals surface area (Å²) in [7, 11) is 0. The Morgan fingerprint density at radius 1 is 0.560 bits per heavy atom. The number of hydrogen-bond acceptors (Lipinski definition) is 3. The van der Waals surface area contributed by atoms with Gasteiger partial charge in [-0.25, -0.2) is 0 Å². The third kappa shape index (κ3) is 5.27. The van der Waals surface area contributed by atoms with Gasteiger partial charge in [-0.1, -0.05) is 84.4 Å². The van der Waals surface area contributed by atoms with Crippen LogP contribution in [0.5, 0.6) is 0 Å². The maximum Gasteiger partial charge on any atom is 2.00 e. The van der Waals surface area contributed by atoms with E-state index in [1.807, 2.05) is 12.4 Å². The van der Waals surface area contributed by atoms with E-state index < -0.39 is 0 Å². The number of nitrogens with zero attached hydrogens (tertiary/aromatic N) is 3. The van der Waals surface area contributed by atoms with E-state index >= 15 is 0 Å². The summed E-state index contributed by atoms with van der Waals surface area (Å²) in [4.78, 5) is 12.2. The number of para-hydroxylation sites is 1. The molecule has 0 atom stereocenters. The van der Waals surface area contributed by atoms with Crippen LogP contribution in [0.4, 0.5) is 17.1 Å². The van der Waals surface area contributed by atoms with Crippen molar-refractivity contribution in [3.05, 3.63) is 169 Å². The minimum atomic E-state index is -0.113. The van der Waals surface area contributed by atoms with Crippen molar-refractivity contribution in [1.82, 2.24) is 9.97 Å². The van der Waals surface area contributed by atoms with Gasteiger partial charge in [0.1, 0.15) is 0 Å².